The van der Waals surface area contributed by atoms with Crippen LogP contribution < -0.4 is 0 Å². The molecule has 1 unspecified atom stereocenters. The van der Waals surface area contributed by atoms with Crippen LogP contribution in [-0.2, 0) is 7.05 Å². The average molecular weight is 317 g/mol. The fourth-order valence-electron chi connectivity index (χ4n) is 3.24. The van der Waals surface area contributed by atoms with Gasteiger partial charge in [0.2, 0.25) is 0 Å². The molecule has 2 aromatic heterocycles. The number of pyridine rings is 1. The maximum absolute atomic E-state index is 4.76. The van der Waals surface area contributed by atoms with E-state index in [1.54, 1.807) is 6.20 Å². The molecular formula is C19H19N5. The van der Waals surface area contributed by atoms with E-state index in [1.165, 1.54) is 5.57 Å². The summed E-state index contributed by atoms with van der Waals surface area (Å²) in [4.78, 5) is 13.6. The van der Waals surface area contributed by atoms with E-state index in [4.69, 9.17) is 4.99 Å². The van der Waals surface area contributed by atoms with Gasteiger partial charge in [0.1, 0.15) is 0 Å². The lowest BCUT2D eigenvalue weighted by Crippen LogP contribution is -2.30. The number of aromatic nitrogens is 3. The van der Waals surface area contributed by atoms with Gasteiger partial charge in [0.15, 0.2) is 0 Å². The monoisotopic (exact) mass is 317 g/mol. The molecule has 4 heterocycles. The van der Waals surface area contributed by atoms with Crippen molar-refractivity contribution in [2.24, 2.45) is 23.0 Å². The Balaban J connectivity index is 1.67. The van der Waals surface area contributed by atoms with Crippen molar-refractivity contribution in [2.75, 3.05) is 0 Å². The van der Waals surface area contributed by atoms with E-state index in [1.807, 2.05) is 48.8 Å². The van der Waals surface area contributed by atoms with E-state index in [2.05, 4.69) is 34.1 Å². The van der Waals surface area contributed by atoms with E-state index in [9.17, 15) is 0 Å². The van der Waals surface area contributed by atoms with Gasteiger partial charge < -0.3 is 0 Å². The molecule has 2 aliphatic rings. The van der Waals surface area contributed by atoms with Crippen LogP contribution in [0.5, 0.6) is 0 Å². The standard InChI is InChI=1S/C19H19N5/c1-13(15-4-3-6-20-9-15)18-19-14(5-7-21-18)8-16(10-22-19)17-11-23-24(2)12-17/h3-7,9-14H,8H2,1-2H3/t13-,14?/m1/s1. The number of hydrogen-bond acceptors (Lipinski definition) is 4. The molecule has 0 fully saturated rings. The van der Waals surface area contributed by atoms with Gasteiger partial charge in [-0.05, 0) is 23.6 Å². The third-order valence-corrected chi connectivity index (χ3v) is 4.62. The first-order valence-electron chi connectivity index (χ1n) is 8.13. The molecule has 24 heavy (non-hydrogen) atoms. The summed E-state index contributed by atoms with van der Waals surface area (Å²) in [5, 5.41) is 4.26. The number of aliphatic imine (C=N–C) groups is 2. The first kappa shape index (κ1) is 14.8. The highest BCUT2D eigenvalue weighted by molar-refractivity contribution is 6.46. The summed E-state index contributed by atoms with van der Waals surface area (Å²) < 4.78 is 1.82. The van der Waals surface area contributed by atoms with E-state index >= 15 is 0 Å². The summed E-state index contributed by atoms with van der Waals surface area (Å²) in [6, 6.07) is 4.05. The quantitative estimate of drug-likeness (QED) is 0.871. The highest BCUT2D eigenvalue weighted by atomic mass is 15.2. The smallest absolute Gasteiger partial charge is 0.0696 e. The molecule has 0 N–H and O–H groups in total. The number of fused-ring (bicyclic) bond motifs is 1. The van der Waals surface area contributed by atoms with Gasteiger partial charge in [-0.2, -0.15) is 5.10 Å². The van der Waals surface area contributed by atoms with Crippen LogP contribution in [-0.4, -0.2) is 26.2 Å². The lowest BCUT2D eigenvalue weighted by Gasteiger charge is -2.27. The van der Waals surface area contributed by atoms with Crippen LogP contribution in [0.25, 0.3) is 5.57 Å². The van der Waals surface area contributed by atoms with Crippen molar-refractivity contribution < 1.29 is 0 Å². The Labute approximate surface area is 141 Å². The maximum atomic E-state index is 4.76. The molecule has 2 aromatic rings. The van der Waals surface area contributed by atoms with Crippen LogP contribution in [0.2, 0.25) is 0 Å². The zero-order chi connectivity index (χ0) is 16.5. The number of hydrogen-bond donors (Lipinski definition) is 0. The SMILES string of the molecule is C[C@@H](C1=NC=CC2CC(c3cnn(C)c3)=CN=C12)c1cccnc1. The minimum absolute atomic E-state index is 0.179. The van der Waals surface area contributed by atoms with E-state index in [0.29, 0.717) is 0 Å². The van der Waals surface area contributed by atoms with Gasteiger partial charge in [0.05, 0.1) is 17.6 Å². The van der Waals surface area contributed by atoms with Crippen molar-refractivity contribution in [3.8, 4) is 0 Å². The van der Waals surface area contributed by atoms with Crippen molar-refractivity contribution in [2.45, 2.75) is 19.3 Å². The summed E-state index contributed by atoms with van der Waals surface area (Å²) in [5.41, 5.74) is 5.63. The van der Waals surface area contributed by atoms with Gasteiger partial charge in [-0.1, -0.05) is 19.1 Å². The van der Waals surface area contributed by atoms with Crippen LogP contribution in [0.15, 0.2) is 65.4 Å². The zero-order valence-corrected chi connectivity index (χ0v) is 13.8. The van der Waals surface area contributed by atoms with Crippen molar-refractivity contribution in [1.82, 2.24) is 14.8 Å². The second-order valence-electron chi connectivity index (χ2n) is 6.25. The number of aryl methyl sites for hydroxylation is 1. The highest BCUT2D eigenvalue weighted by Crippen LogP contribution is 2.32. The summed E-state index contributed by atoms with van der Waals surface area (Å²) in [5.74, 6) is 0.454. The largest absolute Gasteiger partial charge is 0.275 e. The molecule has 120 valence electrons. The number of rotatable bonds is 3. The second kappa shape index (κ2) is 6.00. The van der Waals surface area contributed by atoms with Crippen LogP contribution in [0.1, 0.15) is 30.4 Å². The Morgan fingerprint density at radius 2 is 2.17 bits per heavy atom. The molecular weight excluding hydrogens is 298 g/mol. The second-order valence-corrected chi connectivity index (χ2v) is 6.25. The minimum Gasteiger partial charge on any atom is -0.275 e. The molecule has 0 aliphatic carbocycles. The lowest BCUT2D eigenvalue weighted by molar-refractivity contribution is 0.767. The van der Waals surface area contributed by atoms with Gasteiger partial charge in [-0.25, -0.2) is 0 Å². The van der Waals surface area contributed by atoms with Gasteiger partial charge in [-0.3, -0.25) is 19.7 Å². The number of nitrogens with zero attached hydrogens (tertiary/aromatic N) is 5. The van der Waals surface area contributed by atoms with Gasteiger partial charge in [0, 0.05) is 55.4 Å². The van der Waals surface area contributed by atoms with Crippen molar-refractivity contribution >= 4 is 17.0 Å². The molecule has 2 aliphatic heterocycles. The Kier molecular flexibility index (Phi) is 3.69. The Hall–Kier alpha value is -2.82. The van der Waals surface area contributed by atoms with Crippen molar-refractivity contribution in [3.63, 3.8) is 0 Å². The van der Waals surface area contributed by atoms with Crippen LogP contribution in [0, 0.1) is 5.92 Å². The molecule has 0 bridgehead atoms. The molecule has 0 saturated heterocycles. The highest BCUT2D eigenvalue weighted by Gasteiger charge is 2.29. The summed E-state index contributed by atoms with van der Waals surface area (Å²) >= 11 is 0. The molecule has 0 radical (unpaired) electrons. The molecule has 5 nitrogen and oxygen atoms in total. The van der Waals surface area contributed by atoms with Gasteiger partial charge in [-0.15, -0.1) is 0 Å². The lowest BCUT2D eigenvalue weighted by atomic mass is 9.82. The summed E-state index contributed by atoms with van der Waals surface area (Å²) in [6.07, 6.45) is 14.6. The zero-order valence-electron chi connectivity index (χ0n) is 13.8. The predicted octanol–water partition coefficient (Wildman–Crippen LogP) is 3.39. The van der Waals surface area contributed by atoms with Gasteiger partial charge >= 0.3 is 0 Å². The third kappa shape index (κ3) is 2.62. The van der Waals surface area contributed by atoms with Crippen molar-refractivity contribution in [1.29, 1.82) is 0 Å². The summed E-state index contributed by atoms with van der Waals surface area (Å²) in [6.45, 7) is 2.16. The first-order valence-corrected chi connectivity index (χ1v) is 8.13. The molecule has 2 atom stereocenters. The Morgan fingerprint density at radius 1 is 1.25 bits per heavy atom. The Morgan fingerprint density at radius 3 is 2.92 bits per heavy atom. The fourth-order valence-corrected chi connectivity index (χ4v) is 3.24. The molecule has 0 aromatic carbocycles. The molecule has 0 spiro atoms. The minimum atomic E-state index is 0.179. The maximum Gasteiger partial charge on any atom is 0.0696 e. The van der Waals surface area contributed by atoms with Crippen molar-refractivity contribution in [3.05, 3.63) is 66.5 Å². The Bertz CT molecular complexity index is 870. The fraction of sp³-hybridized carbons (Fsp3) is 0.263. The molecule has 0 saturated carbocycles. The topological polar surface area (TPSA) is 55.4 Å². The van der Waals surface area contributed by atoms with Crippen LogP contribution in [0.4, 0.5) is 0 Å². The average Bonchev–Trinajstić information content (AvgIpc) is 3.07. The van der Waals surface area contributed by atoms with E-state index < -0.39 is 0 Å². The molecule has 0 amide bonds. The van der Waals surface area contributed by atoms with E-state index in [0.717, 1.165) is 29.0 Å². The van der Waals surface area contributed by atoms with Crippen LogP contribution >= 0.6 is 0 Å². The molecule has 4 rings (SSSR count). The first-order chi connectivity index (χ1) is 11.7. The molecule has 5 heteroatoms. The number of allylic oxidation sites excluding steroid dienone is 2. The third-order valence-electron chi connectivity index (χ3n) is 4.62. The predicted molar refractivity (Wildman–Crippen MR) is 96.0 cm³/mol. The normalized spacial score (nSPS) is 20.8. The summed E-state index contributed by atoms with van der Waals surface area (Å²) in [7, 11) is 1.93. The van der Waals surface area contributed by atoms with Gasteiger partial charge in [0.25, 0.3) is 0 Å². The van der Waals surface area contributed by atoms with E-state index in [-0.39, 0.29) is 11.8 Å². The van der Waals surface area contributed by atoms with Crippen LogP contribution in [0.3, 0.4) is 0 Å².